The second kappa shape index (κ2) is 3.10. The van der Waals surface area contributed by atoms with E-state index in [9.17, 15) is 0 Å². The highest BCUT2D eigenvalue weighted by atomic mass is 32.1. The van der Waals surface area contributed by atoms with Crippen molar-refractivity contribution in [1.29, 1.82) is 0 Å². The van der Waals surface area contributed by atoms with Crippen LogP contribution in [0, 0.1) is 0 Å². The van der Waals surface area contributed by atoms with E-state index in [1.54, 1.807) is 11.3 Å². The average molecular weight is 215 g/mol. The first-order chi connectivity index (χ1) is 7.33. The summed E-state index contributed by atoms with van der Waals surface area (Å²) in [6, 6.07) is 10.3. The van der Waals surface area contributed by atoms with E-state index in [0.29, 0.717) is 5.82 Å². The van der Waals surface area contributed by atoms with Crippen LogP contribution in [-0.2, 0) is 0 Å². The van der Waals surface area contributed by atoms with Crippen molar-refractivity contribution >= 4 is 22.1 Å². The van der Waals surface area contributed by atoms with Crippen molar-refractivity contribution < 1.29 is 0 Å². The van der Waals surface area contributed by atoms with E-state index in [1.807, 2.05) is 28.8 Å². The van der Waals surface area contributed by atoms with Crippen molar-refractivity contribution in [2.24, 2.45) is 0 Å². The van der Waals surface area contributed by atoms with E-state index in [0.717, 1.165) is 4.96 Å². The number of thiazole rings is 1. The fourth-order valence-electron chi connectivity index (χ4n) is 1.55. The van der Waals surface area contributed by atoms with Gasteiger partial charge in [-0.15, -0.1) is 0 Å². The summed E-state index contributed by atoms with van der Waals surface area (Å²) in [5, 5.41) is 0. The van der Waals surface area contributed by atoms with Crippen LogP contribution >= 0.6 is 11.3 Å². The van der Waals surface area contributed by atoms with Gasteiger partial charge >= 0.3 is 0 Å². The predicted octanol–water partition coefficient (Wildman–Crippen LogP) is 2.65. The van der Waals surface area contributed by atoms with Gasteiger partial charge in [0.15, 0.2) is 4.96 Å². The molecule has 0 unspecified atom stereocenters. The third kappa shape index (κ3) is 1.39. The molecule has 0 spiro atoms. The highest BCUT2D eigenvalue weighted by Crippen LogP contribution is 2.28. The number of benzene rings is 1. The molecule has 0 amide bonds. The second-order valence-electron chi connectivity index (χ2n) is 3.32. The van der Waals surface area contributed by atoms with E-state index in [4.69, 9.17) is 5.73 Å². The molecule has 0 saturated carbocycles. The number of hydrogen-bond donors (Lipinski definition) is 1. The van der Waals surface area contributed by atoms with Crippen LogP contribution in [-0.4, -0.2) is 9.38 Å². The van der Waals surface area contributed by atoms with Crippen LogP contribution in [0.25, 0.3) is 15.4 Å². The molecule has 0 aliphatic heterocycles. The molecule has 4 heteroatoms. The monoisotopic (exact) mass is 215 g/mol. The van der Waals surface area contributed by atoms with Crippen LogP contribution in [0.15, 0.2) is 42.7 Å². The smallest absolute Gasteiger partial charge is 0.196 e. The minimum Gasteiger partial charge on any atom is -0.382 e. The Morgan fingerprint density at radius 3 is 2.67 bits per heavy atom. The lowest BCUT2D eigenvalue weighted by molar-refractivity contribution is 1.23. The molecular formula is C11H9N3S. The van der Waals surface area contributed by atoms with Gasteiger partial charge in [0.1, 0.15) is 5.82 Å². The Morgan fingerprint density at radius 2 is 1.93 bits per heavy atom. The van der Waals surface area contributed by atoms with Crippen LogP contribution < -0.4 is 5.73 Å². The zero-order chi connectivity index (χ0) is 10.3. The van der Waals surface area contributed by atoms with E-state index < -0.39 is 0 Å². The number of fused-ring (bicyclic) bond motifs is 1. The number of nitrogens with zero attached hydrogens (tertiary/aromatic N) is 2. The third-order valence-electron chi connectivity index (χ3n) is 2.23. The molecule has 3 rings (SSSR count). The zero-order valence-electron chi connectivity index (χ0n) is 7.92. The number of aromatic nitrogens is 2. The Morgan fingerprint density at radius 1 is 1.13 bits per heavy atom. The molecule has 0 fully saturated rings. The first-order valence-electron chi connectivity index (χ1n) is 4.62. The summed E-state index contributed by atoms with van der Waals surface area (Å²) < 4.78 is 1.96. The van der Waals surface area contributed by atoms with Gasteiger partial charge in [-0.2, -0.15) is 0 Å². The van der Waals surface area contributed by atoms with Crippen LogP contribution in [0.2, 0.25) is 0 Å². The van der Waals surface area contributed by atoms with Crippen molar-refractivity contribution in [2.75, 3.05) is 5.73 Å². The van der Waals surface area contributed by atoms with E-state index in [-0.39, 0.29) is 0 Å². The SMILES string of the molecule is Nc1cn2cc(-c3ccccc3)sc2n1. The summed E-state index contributed by atoms with van der Waals surface area (Å²) >= 11 is 1.64. The number of anilines is 1. The Kier molecular flexibility index (Phi) is 1.76. The minimum absolute atomic E-state index is 0.570. The van der Waals surface area contributed by atoms with Crippen molar-refractivity contribution in [2.45, 2.75) is 0 Å². The summed E-state index contributed by atoms with van der Waals surface area (Å²) in [6.07, 6.45) is 3.89. The molecular weight excluding hydrogens is 206 g/mol. The molecule has 0 bridgehead atoms. The molecule has 1 aromatic carbocycles. The molecule has 2 N–H and O–H groups in total. The maximum Gasteiger partial charge on any atom is 0.196 e. The molecule has 15 heavy (non-hydrogen) atoms. The normalized spacial score (nSPS) is 10.9. The summed E-state index contributed by atoms with van der Waals surface area (Å²) in [4.78, 5) is 6.36. The average Bonchev–Trinajstić information content (AvgIpc) is 2.76. The second-order valence-corrected chi connectivity index (χ2v) is 4.33. The van der Waals surface area contributed by atoms with Gasteiger partial charge in [-0.25, -0.2) is 4.98 Å². The van der Waals surface area contributed by atoms with Crippen molar-refractivity contribution in [3.8, 4) is 10.4 Å². The molecule has 0 aliphatic carbocycles. The summed E-state index contributed by atoms with van der Waals surface area (Å²) in [5.74, 6) is 0.570. The van der Waals surface area contributed by atoms with E-state index >= 15 is 0 Å². The molecule has 0 atom stereocenters. The van der Waals surface area contributed by atoms with E-state index in [2.05, 4.69) is 23.3 Å². The Labute approximate surface area is 90.8 Å². The summed E-state index contributed by atoms with van der Waals surface area (Å²) in [7, 11) is 0. The van der Waals surface area contributed by atoms with Crippen molar-refractivity contribution in [3.63, 3.8) is 0 Å². The molecule has 0 aliphatic rings. The van der Waals surface area contributed by atoms with Crippen LogP contribution in [0.5, 0.6) is 0 Å². The number of hydrogen-bond acceptors (Lipinski definition) is 3. The largest absolute Gasteiger partial charge is 0.382 e. The lowest BCUT2D eigenvalue weighted by Crippen LogP contribution is -1.81. The first-order valence-corrected chi connectivity index (χ1v) is 5.44. The zero-order valence-corrected chi connectivity index (χ0v) is 8.74. The molecule has 2 heterocycles. The van der Waals surface area contributed by atoms with Gasteiger partial charge < -0.3 is 5.73 Å². The summed E-state index contributed by atoms with van der Waals surface area (Å²) in [5.41, 5.74) is 6.81. The highest BCUT2D eigenvalue weighted by Gasteiger charge is 2.05. The van der Waals surface area contributed by atoms with Crippen molar-refractivity contribution in [1.82, 2.24) is 9.38 Å². The van der Waals surface area contributed by atoms with Gasteiger partial charge in [0.2, 0.25) is 0 Å². The van der Waals surface area contributed by atoms with E-state index in [1.165, 1.54) is 10.4 Å². The lowest BCUT2D eigenvalue weighted by atomic mass is 10.2. The first kappa shape index (κ1) is 8.49. The maximum atomic E-state index is 5.60. The Hall–Kier alpha value is -1.81. The van der Waals surface area contributed by atoms with Gasteiger partial charge in [0.05, 0.1) is 11.1 Å². The van der Waals surface area contributed by atoms with Crippen molar-refractivity contribution in [3.05, 3.63) is 42.7 Å². The van der Waals surface area contributed by atoms with Gasteiger partial charge in [-0.1, -0.05) is 41.7 Å². The summed E-state index contributed by atoms with van der Waals surface area (Å²) in [6.45, 7) is 0. The molecule has 2 aromatic heterocycles. The van der Waals surface area contributed by atoms with Gasteiger partial charge in [-0.05, 0) is 5.56 Å². The van der Waals surface area contributed by atoms with Crippen LogP contribution in [0.1, 0.15) is 0 Å². The molecule has 0 saturated heterocycles. The Bertz CT molecular complexity index is 563. The highest BCUT2D eigenvalue weighted by molar-refractivity contribution is 7.20. The lowest BCUT2D eigenvalue weighted by Gasteiger charge is -1.93. The van der Waals surface area contributed by atoms with Gasteiger partial charge in [0, 0.05) is 6.20 Å². The minimum atomic E-state index is 0.570. The fourth-order valence-corrected chi connectivity index (χ4v) is 2.53. The van der Waals surface area contributed by atoms with Crippen LogP contribution in [0.3, 0.4) is 0 Å². The third-order valence-corrected chi connectivity index (χ3v) is 3.28. The fraction of sp³-hybridized carbons (Fsp3) is 0. The maximum absolute atomic E-state index is 5.60. The standard InChI is InChI=1S/C11H9N3S/c12-10-7-14-6-9(15-11(14)13-10)8-4-2-1-3-5-8/h1-7H,12H2. The van der Waals surface area contributed by atoms with Gasteiger partial charge in [-0.3, -0.25) is 4.40 Å². The number of nitrogen functional groups attached to an aromatic ring is 1. The molecule has 74 valence electrons. The van der Waals surface area contributed by atoms with Gasteiger partial charge in [0.25, 0.3) is 0 Å². The molecule has 3 nitrogen and oxygen atoms in total. The topological polar surface area (TPSA) is 43.3 Å². The predicted molar refractivity (Wildman–Crippen MR) is 62.9 cm³/mol. The quantitative estimate of drug-likeness (QED) is 0.678. The molecule has 0 radical (unpaired) electrons. The number of rotatable bonds is 1. The van der Waals surface area contributed by atoms with Crippen LogP contribution in [0.4, 0.5) is 5.82 Å². The number of nitrogens with two attached hydrogens (primary N) is 1. The number of imidazole rings is 1. The molecule has 3 aromatic rings. The Balaban J connectivity index is 2.16.